The van der Waals surface area contributed by atoms with Gasteiger partial charge in [0.05, 0.1) is 11.3 Å². The van der Waals surface area contributed by atoms with Gasteiger partial charge in [0.15, 0.2) is 5.82 Å². The molecule has 0 aliphatic carbocycles. The van der Waals surface area contributed by atoms with Gasteiger partial charge >= 0.3 is 12.2 Å². The Hall–Kier alpha value is -3.56. The highest BCUT2D eigenvalue weighted by Crippen LogP contribution is 2.34. The fourth-order valence-corrected chi connectivity index (χ4v) is 2.42. The molecule has 28 heavy (non-hydrogen) atoms. The van der Waals surface area contributed by atoms with Crippen LogP contribution < -0.4 is 16.0 Å². The number of hydrogen-bond acceptors (Lipinski definition) is 4. The molecule has 0 aliphatic rings. The number of nitrogens with zero attached hydrogens (tertiary/aromatic N) is 3. The first kappa shape index (κ1) is 19.2. The summed E-state index contributed by atoms with van der Waals surface area (Å²) in [5.74, 6) is 1.18. The second kappa shape index (κ2) is 8.42. The molecule has 2 aromatic heterocycles. The lowest BCUT2D eigenvalue weighted by molar-refractivity contribution is -0.136. The molecular weight excluding hydrogens is 373 g/mol. The summed E-state index contributed by atoms with van der Waals surface area (Å²) in [6.45, 7) is 0.507. The summed E-state index contributed by atoms with van der Waals surface area (Å²) in [5, 5.41) is 15.7. The number of carbonyl (C=O) groups is 1. The lowest BCUT2D eigenvalue weighted by Crippen LogP contribution is -2.33. The third-order valence-corrected chi connectivity index (χ3v) is 3.72. The number of anilines is 2. The van der Waals surface area contributed by atoms with Crippen molar-refractivity contribution in [3.8, 4) is 5.82 Å². The van der Waals surface area contributed by atoms with Gasteiger partial charge in [-0.05, 0) is 36.4 Å². The SMILES string of the molecule is O=C(NCCNc1ccc(-n2cccc2)nn1)Nc1ccccc1C(F)(F)F. The van der Waals surface area contributed by atoms with Crippen LogP contribution in [0, 0.1) is 0 Å². The Morgan fingerprint density at radius 1 is 0.964 bits per heavy atom. The average Bonchev–Trinajstić information content (AvgIpc) is 3.20. The van der Waals surface area contributed by atoms with Crippen LogP contribution in [0.1, 0.15) is 5.56 Å². The lowest BCUT2D eigenvalue weighted by atomic mass is 10.1. The molecular formula is C18H17F3N6O. The van der Waals surface area contributed by atoms with E-state index in [1.165, 1.54) is 18.2 Å². The molecule has 0 spiro atoms. The maximum Gasteiger partial charge on any atom is 0.418 e. The van der Waals surface area contributed by atoms with Gasteiger partial charge in [0.1, 0.15) is 5.82 Å². The minimum atomic E-state index is -4.54. The van der Waals surface area contributed by atoms with E-state index in [1.807, 2.05) is 29.1 Å². The van der Waals surface area contributed by atoms with Gasteiger partial charge in [0, 0.05) is 25.5 Å². The third kappa shape index (κ3) is 5.00. The van der Waals surface area contributed by atoms with Crippen LogP contribution >= 0.6 is 0 Å². The molecule has 2 amide bonds. The summed E-state index contributed by atoms with van der Waals surface area (Å²) >= 11 is 0. The lowest BCUT2D eigenvalue weighted by Gasteiger charge is -2.14. The number of halogens is 3. The maximum absolute atomic E-state index is 12.9. The highest BCUT2D eigenvalue weighted by atomic mass is 19.4. The molecule has 2 heterocycles. The van der Waals surface area contributed by atoms with Crippen molar-refractivity contribution < 1.29 is 18.0 Å². The quantitative estimate of drug-likeness (QED) is 0.563. The van der Waals surface area contributed by atoms with Gasteiger partial charge in [-0.25, -0.2) is 4.79 Å². The number of hydrogen-bond donors (Lipinski definition) is 3. The number of amides is 2. The highest BCUT2D eigenvalue weighted by molar-refractivity contribution is 5.90. The fraction of sp³-hybridized carbons (Fsp3) is 0.167. The van der Waals surface area contributed by atoms with Crippen molar-refractivity contribution in [1.82, 2.24) is 20.1 Å². The predicted octanol–water partition coefficient (Wildman–Crippen LogP) is 3.52. The monoisotopic (exact) mass is 390 g/mol. The van der Waals surface area contributed by atoms with Gasteiger partial charge in [-0.1, -0.05) is 12.1 Å². The first-order valence-corrected chi connectivity index (χ1v) is 8.35. The van der Waals surface area contributed by atoms with Crippen LogP contribution in [0.5, 0.6) is 0 Å². The summed E-state index contributed by atoms with van der Waals surface area (Å²) in [4.78, 5) is 11.8. The summed E-state index contributed by atoms with van der Waals surface area (Å²) in [7, 11) is 0. The summed E-state index contributed by atoms with van der Waals surface area (Å²) in [6.07, 6.45) is -0.857. The number of para-hydroxylation sites is 1. The average molecular weight is 390 g/mol. The van der Waals surface area contributed by atoms with Crippen LogP contribution in [0.4, 0.5) is 29.5 Å². The molecule has 146 valence electrons. The van der Waals surface area contributed by atoms with Crippen molar-refractivity contribution in [3.05, 3.63) is 66.5 Å². The Morgan fingerprint density at radius 2 is 1.71 bits per heavy atom. The van der Waals surface area contributed by atoms with E-state index in [1.54, 1.807) is 12.1 Å². The van der Waals surface area contributed by atoms with Gasteiger partial charge in [0.2, 0.25) is 0 Å². The summed E-state index contributed by atoms with van der Waals surface area (Å²) < 4.78 is 40.6. The predicted molar refractivity (Wildman–Crippen MR) is 98.3 cm³/mol. The van der Waals surface area contributed by atoms with Crippen molar-refractivity contribution in [2.24, 2.45) is 0 Å². The highest BCUT2D eigenvalue weighted by Gasteiger charge is 2.33. The molecule has 3 N–H and O–H groups in total. The van der Waals surface area contributed by atoms with Gasteiger partial charge in [0.25, 0.3) is 0 Å². The number of rotatable bonds is 6. The Bertz CT molecular complexity index is 910. The summed E-state index contributed by atoms with van der Waals surface area (Å²) in [5.41, 5.74) is -1.20. The smallest absolute Gasteiger partial charge is 0.367 e. The molecule has 3 rings (SSSR count). The van der Waals surface area contributed by atoms with Crippen LogP contribution in [0.25, 0.3) is 5.82 Å². The van der Waals surface area contributed by atoms with E-state index >= 15 is 0 Å². The van der Waals surface area contributed by atoms with E-state index in [0.29, 0.717) is 18.2 Å². The van der Waals surface area contributed by atoms with Crippen molar-refractivity contribution in [2.75, 3.05) is 23.7 Å². The molecule has 0 radical (unpaired) electrons. The topological polar surface area (TPSA) is 83.9 Å². The molecule has 0 fully saturated rings. The zero-order chi connectivity index (χ0) is 20.0. The molecule has 10 heteroatoms. The number of benzene rings is 1. The number of carbonyl (C=O) groups excluding carboxylic acids is 1. The number of nitrogens with one attached hydrogen (secondary N) is 3. The Kier molecular flexibility index (Phi) is 5.78. The number of aromatic nitrogens is 3. The van der Waals surface area contributed by atoms with Crippen LogP contribution in [0.15, 0.2) is 60.9 Å². The fourth-order valence-electron chi connectivity index (χ4n) is 2.42. The Morgan fingerprint density at radius 3 is 2.39 bits per heavy atom. The van der Waals surface area contributed by atoms with Gasteiger partial charge in [-0.15, -0.1) is 10.2 Å². The van der Waals surface area contributed by atoms with E-state index in [-0.39, 0.29) is 12.2 Å². The van der Waals surface area contributed by atoms with Crippen LogP contribution in [-0.2, 0) is 6.18 Å². The van der Waals surface area contributed by atoms with E-state index in [4.69, 9.17) is 0 Å². The van der Waals surface area contributed by atoms with Crippen LogP contribution in [0.2, 0.25) is 0 Å². The Balaban J connectivity index is 1.45. The molecule has 0 saturated heterocycles. The molecule has 3 aromatic rings. The molecule has 0 unspecified atom stereocenters. The van der Waals surface area contributed by atoms with Crippen LogP contribution in [0.3, 0.4) is 0 Å². The first-order chi connectivity index (χ1) is 13.4. The van der Waals surface area contributed by atoms with E-state index in [9.17, 15) is 18.0 Å². The summed E-state index contributed by atoms with van der Waals surface area (Å²) in [6, 6.07) is 11.3. The Labute approximate surface area is 158 Å². The minimum Gasteiger partial charge on any atom is -0.367 e. The zero-order valence-electron chi connectivity index (χ0n) is 14.6. The molecule has 0 bridgehead atoms. The second-order valence-corrected chi connectivity index (χ2v) is 5.72. The van der Waals surface area contributed by atoms with Crippen LogP contribution in [-0.4, -0.2) is 33.9 Å². The first-order valence-electron chi connectivity index (χ1n) is 8.35. The van der Waals surface area contributed by atoms with Gasteiger partial charge < -0.3 is 20.5 Å². The zero-order valence-corrected chi connectivity index (χ0v) is 14.6. The van der Waals surface area contributed by atoms with E-state index in [2.05, 4.69) is 26.1 Å². The number of alkyl halides is 3. The third-order valence-electron chi connectivity index (χ3n) is 3.72. The molecule has 0 aliphatic heterocycles. The standard InChI is InChI=1S/C18H17F3N6O/c19-18(20,21)13-5-1-2-6-14(13)24-17(28)23-10-9-22-15-7-8-16(26-25-15)27-11-3-4-12-27/h1-8,11-12H,9-10H2,(H,22,25)(H2,23,24,28). The van der Waals surface area contributed by atoms with Crippen molar-refractivity contribution in [1.29, 1.82) is 0 Å². The van der Waals surface area contributed by atoms with Crippen molar-refractivity contribution >= 4 is 17.5 Å². The van der Waals surface area contributed by atoms with Crippen molar-refractivity contribution in [3.63, 3.8) is 0 Å². The van der Waals surface area contributed by atoms with Crippen molar-refractivity contribution in [2.45, 2.75) is 6.18 Å². The van der Waals surface area contributed by atoms with E-state index < -0.39 is 17.8 Å². The van der Waals surface area contributed by atoms with Gasteiger partial charge in [-0.2, -0.15) is 13.2 Å². The van der Waals surface area contributed by atoms with E-state index in [0.717, 1.165) is 6.07 Å². The molecule has 7 nitrogen and oxygen atoms in total. The molecule has 1 aromatic carbocycles. The second-order valence-electron chi connectivity index (χ2n) is 5.72. The largest absolute Gasteiger partial charge is 0.418 e. The van der Waals surface area contributed by atoms with Gasteiger partial charge in [-0.3, -0.25) is 0 Å². The number of urea groups is 1. The maximum atomic E-state index is 12.9. The minimum absolute atomic E-state index is 0.182. The molecule has 0 atom stereocenters. The normalized spacial score (nSPS) is 11.1. The molecule has 0 saturated carbocycles.